The molecule has 0 saturated carbocycles. The van der Waals surface area contributed by atoms with Crippen LogP contribution in [-0.4, -0.2) is 29.1 Å². The number of anilines is 1. The van der Waals surface area contributed by atoms with Crippen molar-refractivity contribution in [2.75, 3.05) is 18.0 Å². The molecule has 0 bridgehead atoms. The fraction of sp³-hybridized carbons (Fsp3) is 0.533. The third kappa shape index (κ3) is 3.32. The molecule has 1 aromatic carbocycles. The first kappa shape index (κ1) is 15.3. The van der Waals surface area contributed by atoms with Crippen LogP contribution in [0.1, 0.15) is 43.0 Å². The number of nitro groups is 1. The van der Waals surface area contributed by atoms with E-state index in [9.17, 15) is 14.9 Å². The van der Waals surface area contributed by atoms with E-state index in [-0.39, 0.29) is 11.3 Å². The van der Waals surface area contributed by atoms with Gasteiger partial charge in [-0.3, -0.25) is 10.1 Å². The van der Waals surface area contributed by atoms with Crippen molar-refractivity contribution in [3.8, 4) is 0 Å². The van der Waals surface area contributed by atoms with Gasteiger partial charge in [-0.2, -0.15) is 0 Å². The second kappa shape index (κ2) is 6.56. The van der Waals surface area contributed by atoms with Crippen LogP contribution in [-0.2, 0) is 0 Å². The Labute approximate surface area is 123 Å². The molecule has 0 aromatic heterocycles. The maximum absolute atomic E-state index is 11.3. The SMILES string of the molecule is CCCC1CCN(c2cccc(C(=O)O)c2[N+](=O)[O-])CC1. The Kier molecular flexibility index (Phi) is 4.77. The molecule has 6 nitrogen and oxygen atoms in total. The van der Waals surface area contributed by atoms with Crippen LogP contribution in [0.5, 0.6) is 0 Å². The molecule has 0 atom stereocenters. The summed E-state index contributed by atoms with van der Waals surface area (Å²) in [6.07, 6.45) is 4.34. The smallest absolute Gasteiger partial charge is 0.342 e. The van der Waals surface area contributed by atoms with Gasteiger partial charge in [-0.05, 0) is 30.9 Å². The number of carboxylic acid groups (broad SMARTS) is 1. The molecule has 1 N–H and O–H groups in total. The number of carboxylic acids is 1. The Morgan fingerprint density at radius 2 is 2.10 bits per heavy atom. The van der Waals surface area contributed by atoms with Crippen LogP contribution in [0.4, 0.5) is 11.4 Å². The van der Waals surface area contributed by atoms with E-state index in [1.165, 1.54) is 12.5 Å². The molecule has 0 radical (unpaired) electrons. The highest BCUT2D eigenvalue weighted by Gasteiger charge is 2.29. The van der Waals surface area contributed by atoms with Crippen LogP contribution >= 0.6 is 0 Å². The van der Waals surface area contributed by atoms with Crippen molar-refractivity contribution in [1.29, 1.82) is 0 Å². The quantitative estimate of drug-likeness (QED) is 0.665. The van der Waals surface area contributed by atoms with Gasteiger partial charge >= 0.3 is 11.7 Å². The summed E-state index contributed by atoms with van der Waals surface area (Å²) >= 11 is 0. The molecule has 1 heterocycles. The van der Waals surface area contributed by atoms with Gasteiger partial charge in [-0.25, -0.2) is 4.79 Å². The molecule has 1 aromatic rings. The first-order chi connectivity index (χ1) is 10.0. The molecule has 1 fully saturated rings. The summed E-state index contributed by atoms with van der Waals surface area (Å²) in [5.41, 5.74) is -0.109. The molecule has 0 amide bonds. The average Bonchev–Trinajstić information content (AvgIpc) is 2.47. The number of benzene rings is 1. The minimum atomic E-state index is -1.26. The molecular weight excluding hydrogens is 272 g/mol. The van der Waals surface area contributed by atoms with E-state index in [4.69, 9.17) is 5.11 Å². The second-order valence-electron chi connectivity index (χ2n) is 5.45. The largest absolute Gasteiger partial charge is 0.477 e. The third-order valence-corrected chi connectivity index (χ3v) is 4.08. The fourth-order valence-corrected chi connectivity index (χ4v) is 3.02. The highest BCUT2D eigenvalue weighted by Crippen LogP contribution is 2.34. The summed E-state index contributed by atoms with van der Waals surface area (Å²) < 4.78 is 0. The monoisotopic (exact) mass is 292 g/mol. The van der Waals surface area contributed by atoms with Crippen molar-refractivity contribution in [2.24, 2.45) is 5.92 Å². The molecule has 0 unspecified atom stereocenters. The molecular formula is C15H20N2O4. The topological polar surface area (TPSA) is 83.7 Å². The maximum atomic E-state index is 11.3. The van der Waals surface area contributed by atoms with Gasteiger partial charge in [-0.1, -0.05) is 25.8 Å². The molecule has 21 heavy (non-hydrogen) atoms. The summed E-state index contributed by atoms with van der Waals surface area (Å²) in [6, 6.07) is 4.50. The van der Waals surface area contributed by atoms with E-state index in [0.717, 1.165) is 32.4 Å². The predicted molar refractivity (Wildman–Crippen MR) is 79.9 cm³/mol. The summed E-state index contributed by atoms with van der Waals surface area (Å²) in [5.74, 6) is -0.586. The summed E-state index contributed by atoms with van der Waals surface area (Å²) in [4.78, 5) is 23.8. The number of carbonyl (C=O) groups is 1. The Balaban J connectivity index is 2.26. The van der Waals surface area contributed by atoms with Gasteiger partial charge in [0.1, 0.15) is 11.3 Å². The molecule has 1 aliphatic heterocycles. The second-order valence-corrected chi connectivity index (χ2v) is 5.45. The van der Waals surface area contributed by atoms with Crippen molar-refractivity contribution in [2.45, 2.75) is 32.6 Å². The van der Waals surface area contributed by atoms with Gasteiger partial charge in [0.05, 0.1) is 4.92 Å². The number of nitrogens with zero attached hydrogens (tertiary/aromatic N) is 2. The molecule has 1 saturated heterocycles. The van der Waals surface area contributed by atoms with Crippen molar-refractivity contribution < 1.29 is 14.8 Å². The fourth-order valence-electron chi connectivity index (χ4n) is 3.02. The van der Waals surface area contributed by atoms with Crippen LogP contribution in [0.15, 0.2) is 18.2 Å². The minimum absolute atomic E-state index is 0.242. The lowest BCUT2D eigenvalue weighted by Gasteiger charge is -2.33. The Bertz CT molecular complexity index is 536. The lowest BCUT2D eigenvalue weighted by molar-refractivity contribution is -0.384. The van der Waals surface area contributed by atoms with E-state index in [1.54, 1.807) is 12.1 Å². The van der Waals surface area contributed by atoms with E-state index < -0.39 is 10.9 Å². The van der Waals surface area contributed by atoms with Gasteiger partial charge in [0.25, 0.3) is 0 Å². The van der Waals surface area contributed by atoms with Crippen molar-refractivity contribution in [1.82, 2.24) is 0 Å². The van der Waals surface area contributed by atoms with E-state index >= 15 is 0 Å². The van der Waals surface area contributed by atoms with Crippen LogP contribution in [0.3, 0.4) is 0 Å². The van der Waals surface area contributed by atoms with Gasteiger partial charge in [0.2, 0.25) is 0 Å². The normalized spacial score (nSPS) is 16.0. The minimum Gasteiger partial charge on any atom is -0.477 e. The summed E-state index contributed by atoms with van der Waals surface area (Å²) in [6.45, 7) is 3.65. The number of aromatic carboxylic acids is 1. The Hall–Kier alpha value is -2.11. The van der Waals surface area contributed by atoms with Gasteiger partial charge in [0.15, 0.2) is 0 Å². The lowest BCUT2D eigenvalue weighted by Crippen LogP contribution is -2.34. The zero-order chi connectivity index (χ0) is 15.4. The highest BCUT2D eigenvalue weighted by molar-refractivity contribution is 5.95. The van der Waals surface area contributed by atoms with Crippen molar-refractivity contribution in [3.05, 3.63) is 33.9 Å². The van der Waals surface area contributed by atoms with E-state index in [0.29, 0.717) is 11.6 Å². The molecule has 2 rings (SSSR count). The summed E-state index contributed by atoms with van der Waals surface area (Å²) in [5, 5.41) is 20.4. The van der Waals surface area contributed by atoms with Crippen molar-refractivity contribution in [3.63, 3.8) is 0 Å². The lowest BCUT2D eigenvalue weighted by atomic mass is 9.92. The maximum Gasteiger partial charge on any atom is 0.342 e. The van der Waals surface area contributed by atoms with E-state index in [2.05, 4.69) is 6.92 Å². The van der Waals surface area contributed by atoms with Gasteiger partial charge in [0, 0.05) is 13.1 Å². The number of rotatable bonds is 5. The molecule has 6 heteroatoms. The molecule has 1 aliphatic rings. The number of piperidine rings is 1. The van der Waals surface area contributed by atoms with Crippen LogP contribution < -0.4 is 4.90 Å². The number of para-hydroxylation sites is 1. The van der Waals surface area contributed by atoms with Crippen LogP contribution in [0, 0.1) is 16.0 Å². The highest BCUT2D eigenvalue weighted by atomic mass is 16.6. The van der Waals surface area contributed by atoms with Crippen LogP contribution in [0.25, 0.3) is 0 Å². The van der Waals surface area contributed by atoms with Gasteiger partial charge in [-0.15, -0.1) is 0 Å². The number of hydrogen-bond acceptors (Lipinski definition) is 4. The Morgan fingerprint density at radius 3 is 2.62 bits per heavy atom. The number of nitro benzene ring substituents is 1. The molecule has 0 spiro atoms. The van der Waals surface area contributed by atoms with Crippen LogP contribution in [0.2, 0.25) is 0 Å². The molecule has 114 valence electrons. The average molecular weight is 292 g/mol. The van der Waals surface area contributed by atoms with E-state index in [1.807, 2.05) is 4.90 Å². The standard InChI is InChI=1S/C15H20N2O4/c1-2-4-11-7-9-16(10-8-11)13-6-3-5-12(15(18)19)14(13)17(20)21/h3,5-6,11H,2,4,7-10H2,1H3,(H,18,19). The number of hydrogen-bond donors (Lipinski definition) is 1. The Morgan fingerprint density at radius 1 is 1.43 bits per heavy atom. The molecule has 0 aliphatic carbocycles. The third-order valence-electron chi connectivity index (χ3n) is 4.08. The predicted octanol–water partition coefficient (Wildman–Crippen LogP) is 3.31. The zero-order valence-corrected chi connectivity index (χ0v) is 12.1. The van der Waals surface area contributed by atoms with Crippen molar-refractivity contribution >= 4 is 17.3 Å². The zero-order valence-electron chi connectivity index (χ0n) is 12.1. The first-order valence-corrected chi connectivity index (χ1v) is 7.30. The van der Waals surface area contributed by atoms with Gasteiger partial charge < -0.3 is 10.0 Å². The first-order valence-electron chi connectivity index (χ1n) is 7.30. The summed E-state index contributed by atoms with van der Waals surface area (Å²) in [7, 11) is 0.